The van der Waals surface area contributed by atoms with Gasteiger partial charge in [0.05, 0.1) is 13.2 Å². The molecule has 0 radical (unpaired) electrons. The van der Waals surface area contributed by atoms with E-state index >= 15 is 0 Å². The molecule has 1 heterocycles. The number of hydrogen-bond donors (Lipinski definition) is 0. The van der Waals surface area contributed by atoms with Gasteiger partial charge in [-0.3, -0.25) is 9.69 Å². The molecule has 0 bridgehead atoms. The summed E-state index contributed by atoms with van der Waals surface area (Å²) in [6.45, 7) is 1.93. The van der Waals surface area contributed by atoms with E-state index in [9.17, 15) is 4.79 Å². The third kappa shape index (κ3) is 3.00. The maximum absolute atomic E-state index is 12.0. The SMILES string of the molecule is COCCN(C)CC(=O)c1ccc2c(c1)OCO2. The Kier molecular flexibility index (Phi) is 4.17. The molecule has 5 heteroatoms. The first-order chi connectivity index (χ1) is 8.70. The van der Waals surface area contributed by atoms with Crippen molar-refractivity contribution in [3.63, 3.8) is 0 Å². The standard InChI is InChI=1S/C13H17NO4/c1-14(5-6-16-2)8-11(15)10-3-4-12-13(7-10)18-9-17-12/h3-4,7H,5-6,8-9H2,1-2H3. The van der Waals surface area contributed by atoms with Gasteiger partial charge in [-0.05, 0) is 25.2 Å². The van der Waals surface area contributed by atoms with Crippen LogP contribution in [0.1, 0.15) is 10.4 Å². The lowest BCUT2D eigenvalue weighted by Gasteiger charge is -2.14. The highest BCUT2D eigenvalue weighted by Crippen LogP contribution is 2.32. The first-order valence-corrected chi connectivity index (χ1v) is 5.81. The molecule has 5 nitrogen and oxygen atoms in total. The van der Waals surface area contributed by atoms with Gasteiger partial charge >= 0.3 is 0 Å². The zero-order valence-corrected chi connectivity index (χ0v) is 10.6. The van der Waals surface area contributed by atoms with E-state index in [1.165, 1.54) is 0 Å². The second-order valence-electron chi connectivity index (χ2n) is 4.22. The molecule has 1 aliphatic rings. The molecule has 0 N–H and O–H groups in total. The Bertz CT molecular complexity index is 433. The molecule has 1 aliphatic heterocycles. The van der Waals surface area contributed by atoms with Crippen molar-refractivity contribution in [2.75, 3.05) is 40.6 Å². The normalized spacial score (nSPS) is 13.1. The number of ketones is 1. The van der Waals surface area contributed by atoms with Crippen LogP contribution in [0.4, 0.5) is 0 Å². The number of rotatable bonds is 6. The highest BCUT2D eigenvalue weighted by Gasteiger charge is 2.16. The molecular formula is C13H17NO4. The number of carbonyl (C=O) groups is 1. The summed E-state index contributed by atoms with van der Waals surface area (Å²) in [6, 6.07) is 5.26. The minimum Gasteiger partial charge on any atom is -0.454 e. The zero-order chi connectivity index (χ0) is 13.0. The van der Waals surface area contributed by atoms with Crippen molar-refractivity contribution in [2.24, 2.45) is 0 Å². The van der Waals surface area contributed by atoms with Crippen molar-refractivity contribution in [1.82, 2.24) is 4.90 Å². The minimum atomic E-state index is 0.0619. The second-order valence-corrected chi connectivity index (χ2v) is 4.22. The predicted octanol–water partition coefficient (Wildman–Crippen LogP) is 1.18. The van der Waals surface area contributed by atoms with E-state index in [-0.39, 0.29) is 12.6 Å². The molecule has 0 unspecified atom stereocenters. The number of ether oxygens (including phenoxy) is 3. The number of nitrogens with zero attached hydrogens (tertiary/aromatic N) is 1. The highest BCUT2D eigenvalue weighted by molar-refractivity contribution is 5.98. The third-order valence-electron chi connectivity index (χ3n) is 2.79. The number of carbonyl (C=O) groups excluding carboxylic acids is 1. The van der Waals surface area contributed by atoms with Crippen LogP contribution >= 0.6 is 0 Å². The fourth-order valence-electron chi connectivity index (χ4n) is 1.73. The molecule has 0 fully saturated rings. The molecule has 0 aliphatic carbocycles. The summed E-state index contributed by atoms with van der Waals surface area (Å²) in [4.78, 5) is 14.0. The highest BCUT2D eigenvalue weighted by atomic mass is 16.7. The Morgan fingerprint density at radius 1 is 1.39 bits per heavy atom. The Hall–Kier alpha value is -1.59. The molecule has 2 rings (SSSR count). The Morgan fingerprint density at radius 3 is 2.94 bits per heavy atom. The summed E-state index contributed by atoms with van der Waals surface area (Å²) in [5, 5.41) is 0. The first kappa shape index (κ1) is 12.9. The van der Waals surface area contributed by atoms with Crippen LogP contribution in [0.3, 0.4) is 0 Å². The van der Waals surface area contributed by atoms with Crippen LogP contribution in [-0.2, 0) is 4.74 Å². The van der Waals surface area contributed by atoms with Gasteiger partial charge in [0, 0.05) is 19.2 Å². The van der Waals surface area contributed by atoms with E-state index in [1.54, 1.807) is 25.3 Å². The maximum Gasteiger partial charge on any atom is 0.231 e. The quantitative estimate of drug-likeness (QED) is 0.710. The lowest BCUT2D eigenvalue weighted by molar-refractivity contribution is 0.0922. The molecule has 0 saturated carbocycles. The van der Waals surface area contributed by atoms with E-state index in [0.29, 0.717) is 30.2 Å². The van der Waals surface area contributed by atoms with E-state index in [2.05, 4.69) is 0 Å². The number of methoxy groups -OCH3 is 1. The number of fused-ring (bicyclic) bond motifs is 1. The smallest absolute Gasteiger partial charge is 0.231 e. The average molecular weight is 251 g/mol. The van der Waals surface area contributed by atoms with Crippen LogP contribution < -0.4 is 9.47 Å². The van der Waals surface area contributed by atoms with Crippen LogP contribution in [0.15, 0.2) is 18.2 Å². The lowest BCUT2D eigenvalue weighted by atomic mass is 10.1. The van der Waals surface area contributed by atoms with E-state index in [0.717, 1.165) is 6.54 Å². The van der Waals surface area contributed by atoms with Gasteiger partial charge in [-0.25, -0.2) is 0 Å². The van der Waals surface area contributed by atoms with Crippen LogP contribution in [0.2, 0.25) is 0 Å². The largest absolute Gasteiger partial charge is 0.454 e. The number of likely N-dealkylation sites (N-methyl/N-ethyl adjacent to an activating group) is 1. The van der Waals surface area contributed by atoms with Crippen molar-refractivity contribution >= 4 is 5.78 Å². The fraction of sp³-hybridized carbons (Fsp3) is 0.462. The summed E-state index contributed by atoms with van der Waals surface area (Å²) in [7, 11) is 3.54. The molecular weight excluding hydrogens is 234 g/mol. The average Bonchev–Trinajstić information content (AvgIpc) is 2.83. The Balaban J connectivity index is 1.96. The molecule has 0 atom stereocenters. The van der Waals surface area contributed by atoms with Gasteiger partial charge in [-0.1, -0.05) is 0 Å². The van der Waals surface area contributed by atoms with Crippen LogP contribution in [0.25, 0.3) is 0 Å². The molecule has 98 valence electrons. The molecule has 1 aromatic carbocycles. The van der Waals surface area contributed by atoms with Gasteiger partial charge < -0.3 is 14.2 Å². The van der Waals surface area contributed by atoms with Crippen LogP contribution in [0.5, 0.6) is 11.5 Å². The zero-order valence-electron chi connectivity index (χ0n) is 10.6. The van der Waals surface area contributed by atoms with Crippen molar-refractivity contribution in [3.8, 4) is 11.5 Å². The lowest BCUT2D eigenvalue weighted by Crippen LogP contribution is -2.29. The summed E-state index contributed by atoms with van der Waals surface area (Å²) in [5.41, 5.74) is 0.642. The van der Waals surface area contributed by atoms with Gasteiger partial charge in [-0.15, -0.1) is 0 Å². The topological polar surface area (TPSA) is 48.0 Å². The molecule has 1 aromatic rings. The van der Waals surface area contributed by atoms with Gasteiger partial charge in [-0.2, -0.15) is 0 Å². The summed E-state index contributed by atoms with van der Waals surface area (Å²) >= 11 is 0. The summed E-state index contributed by atoms with van der Waals surface area (Å²) in [6.07, 6.45) is 0. The maximum atomic E-state index is 12.0. The van der Waals surface area contributed by atoms with Crippen LogP contribution in [-0.4, -0.2) is 51.3 Å². The number of benzene rings is 1. The van der Waals surface area contributed by atoms with E-state index in [4.69, 9.17) is 14.2 Å². The van der Waals surface area contributed by atoms with Gasteiger partial charge in [0.15, 0.2) is 17.3 Å². The van der Waals surface area contributed by atoms with E-state index in [1.807, 2.05) is 11.9 Å². The van der Waals surface area contributed by atoms with Gasteiger partial charge in [0.25, 0.3) is 0 Å². The Morgan fingerprint density at radius 2 is 2.17 bits per heavy atom. The minimum absolute atomic E-state index is 0.0619. The Labute approximate surface area is 106 Å². The monoisotopic (exact) mass is 251 g/mol. The first-order valence-electron chi connectivity index (χ1n) is 5.81. The van der Waals surface area contributed by atoms with Crippen molar-refractivity contribution in [1.29, 1.82) is 0 Å². The van der Waals surface area contributed by atoms with Crippen LogP contribution in [0, 0.1) is 0 Å². The molecule has 0 aromatic heterocycles. The van der Waals surface area contributed by atoms with Crippen molar-refractivity contribution in [2.45, 2.75) is 0 Å². The van der Waals surface area contributed by atoms with Gasteiger partial charge in [0.2, 0.25) is 6.79 Å². The molecule has 0 amide bonds. The summed E-state index contributed by atoms with van der Waals surface area (Å²) in [5.74, 6) is 1.39. The molecule has 0 spiro atoms. The summed E-state index contributed by atoms with van der Waals surface area (Å²) < 4.78 is 15.4. The second kappa shape index (κ2) is 5.84. The molecule has 0 saturated heterocycles. The van der Waals surface area contributed by atoms with E-state index < -0.39 is 0 Å². The number of Topliss-reactive ketones (excluding diaryl/α,β-unsaturated/α-hetero) is 1. The molecule has 18 heavy (non-hydrogen) atoms. The van der Waals surface area contributed by atoms with Gasteiger partial charge in [0.1, 0.15) is 0 Å². The number of hydrogen-bond acceptors (Lipinski definition) is 5. The van der Waals surface area contributed by atoms with Crippen molar-refractivity contribution < 1.29 is 19.0 Å². The fourth-order valence-corrected chi connectivity index (χ4v) is 1.73. The predicted molar refractivity (Wildman–Crippen MR) is 66.3 cm³/mol. The van der Waals surface area contributed by atoms with Crippen molar-refractivity contribution in [3.05, 3.63) is 23.8 Å². The third-order valence-corrected chi connectivity index (χ3v) is 2.79.